The molecule has 19 heavy (non-hydrogen) atoms. The molecule has 5 heteroatoms. The van der Waals surface area contributed by atoms with Gasteiger partial charge in [0.05, 0.1) is 13.3 Å². The minimum absolute atomic E-state index is 0.0809. The summed E-state index contributed by atoms with van der Waals surface area (Å²) in [5, 5.41) is 0. The van der Waals surface area contributed by atoms with E-state index in [0.717, 1.165) is 12.3 Å². The van der Waals surface area contributed by atoms with Gasteiger partial charge in [0, 0.05) is 6.42 Å². The highest BCUT2D eigenvalue weighted by Crippen LogP contribution is 2.21. The van der Waals surface area contributed by atoms with Gasteiger partial charge in [-0.3, -0.25) is 9.78 Å². The molecule has 0 saturated heterocycles. The van der Waals surface area contributed by atoms with Gasteiger partial charge in [0.25, 0.3) is 0 Å². The van der Waals surface area contributed by atoms with Crippen LogP contribution in [0.4, 0.5) is 8.78 Å². The van der Waals surface area contributed by atoms with Crippen molar-refractivity contribution in [2.24, 2.45) is 0 Å². The number of halogens is 2. The van der Waals surface area contributed by atoms with Crippen molar-refractivity contribution in [3.8, 4) is 5.75 Å². The number of methoxy groups -OCH3 is 1. The quantitative estimate of drug-likeness (QED) is 0.796. The number of rotatable bonds is 4. The third-order valence-electron chi connectivity index (χ3n) is 2.63. The molecule has 0 bridgehead atoms. The van der Waals surface area contributed by atoms with Crippen LogP contribution in [-0.2, 0) is 6.42 Å². The molecule has 0 N–H and O–H groups in total. The van der Waals surface area contributed by atoms with E-state index >= 15 is 0 Å². The monoisotopic (exact) mass is 263 g/mol. The van der Waals surface area contributed by atoms with Crippen molar-refractivity contribution >= 4 is 5.78 Å². The molecular formula is C14H11F2NO2. The van der Waals surface area contributed by atoms with Gasteiger partial charge in [0.15, 0.2) is 17.3 Å². The van der Waals surface area contributed by atoms with Crippen LogP contribution in [0.25, 0.3) is 0 Å². The fourth-order valence-corrected chi connectivity index (χ4v) is 1.65. The molecule has 0 atom stereocenters. The molecule has 1 aromatic carbocycles. The zero-order chi connectivity index (χ0) is 13.8. The average molecular weight is 263 g/mol. The first-order valence-electron chi connectivity index (χ1n) is 5.58. The molecule has 0 unspecified atom stereocenters. The van der Waals surface area contributed by atoms with E-state index in [2.05, 4.69) is 4.98 Å². The van der Waals surface area contributed by atoms with Crippen LogP contribution in [0.1, 0.15) is 16.1 Å². The van der Waals surface area contributed by atoms with Gasteiger partial charge in [0.2, 0.25) is 0 Å². The van der Waals surface area contributed by atoms with E-state index in [1.165, 1.54) is 25.3 Å². The minimum Gasteiger partial charge on any atom is -0.494 e. The second-order valence-electron chi connectivity index (χ2n) is 3.89. The van der Waals surface area contributed by atoms with Gasteiger partial charge in [-0.1, -0.05) is 12.1 Å². The average Bonchev–Trinajstić information content (AvgIpc) is 2.42. The van der Waals surface area contributed by atoms with E-state index in [1.54, 1.807) is 6.07 Å². The van der Waals surface area contributed by atoms with Gasteiger partial charge in [-0.25, -0.2) is 8.78 Å². The van der Waals surface area contributed by atoms with Crippen LogP contribution >= 0.6 is 0 Å². The molecule has 3 nitrogen and oxygen atoms in total. The standard InChI is InChI=1S/C14H11F2NO2/c1-19-13-4-2-3-9(14(13)16)7-12(18)11-6-5-10(15)8-17-11/h2-6,8H,7H2,1H3. The van der Waals surface area contributed by atoms with Crippen LogP contribution in [0.15, 0.2) is 36.5 Å². The smallest absolute Gasteiger partial charge is 0.185 e. The number of hydrogen-bond donors (Lipinski definition) is 0. The number of ketones is 1. The van der Waals surface area contributed by atoms with E-state index in [9.17, 15) is 13.6 Å². The lowest BCUT2D eigenvalue weighted by Gasteiger charge is -2.06. The Balaban J connectivity index is 2.21. The maximum Gasteiger partial charge on any atom is 0.185 e. The normalized spacial score (nSPS) is 10.3. The lowest BCUT2D eigenvalue weighted by molar-refractivity contribution is 0.0987. The zero-order valence-corrected chi connectivity index (χ0v) is 10.2. The Morgan fingerprint density at radius 1 is 1.26 bits per heavy atom. The summed E-state index contributed by atoms with van der Waals surface area (Å²) in [6.45, 7) is 0. The van der Waals surface area contributed by atoms with Gasteiger partial charge in [-0.2, -0.15) is 0 Å². The first-order valence-corrected chi connectivity index (χ1v) is 5.58. The van der Waals surface area contributed by atoms with Gasteiger partial charge in [-0.15, -0.1) is 0 Å². The number of carbonyl (C=O) groups excluding carboxylic acids is 1. The van der Waals surface area contributed by atoms with E-state index in [-0.39, 0.29) is 29.2 Å². The molecule has 98 valence electrons. The Morgan fingerprint density at radius 3 is 2.68 bits per heavy atom. The van der Waals surface area contributed by atoms with Crippen molar-refractivity contribution in [2.45, 2.75) is 6.42 Å². The highest BCUT2D eigenvalue weighted by Gasteiger charge is 2.14. The first kappa shape index (κ1) is 13.1. The highest BCUT2D eigenvalue weighted by atomic mass is 19.1. The van der Waals surface area contributed by atoms with Crippen LogP contribution in [0.3, 0.4) is 0 Å². The van der Waals surface area contributed by atoms with Crippen molar-refractivity contribution in [1.29, 1.82) is 0 Å². The molecule has 1 aromatic heterocycles. The zero-order valence-electron chi connectivity index (χ0n) is 10.2. The number of ether oxygens (including phenoxy) is 1. The molecule has 2 rings (SSSR count). The summed E-state index contributed by atoms with van der Waals surface area (Å²) in [4.78, 5) is 15.6. The largest absolute Gasteiger partial charge is 0.494 e. The number of pyridine rings is 1. The Labute approximate surface area is 108 Å². The highest BCUT2D eigenvalue weighted by molar-refractivity contribution is 5.95. The summed E-state index contributed by atoms with van der Waals surface area (Å²) < 4.78 is 31.4. The molecule has 0 aliphatic heterocycles. The third-order valence-corrected chi connectivity index (χ3v) is 2.63. The Kier molecular flexibility index (Phi) is 3.85. The van der Waals surface area contributed by atoms with E-state index in [0.29, 0.717) is 0 Å². The predicted molar refractivity (Wildman–Crippen MR) is 65.2 cm³/mol. The molecule has 0 radical (unpaired) electrons. The molecular weight excluding hydrogens is 252 g/mol. The topological polar surface area (TPSA) is 39.2 Å². The molecule has 0 aliphatic carbocycles. The number of nitrogens with zero attached hydrogens (tertiary/aromatic N) is 1. The van der Waals surface area contributed by atoms with Gasteiger partial charge < -0.3 is 4.74 Å². The Hall–Kier alpha value is -2.30. The number of carbonyl (C=O) groups is 1. The molecule has 0 fully saturated rings. The van der Waals surface area contributed by atoms with Crippen molar-refractivity contribution in [3.63, 3.8) is 0 Å². The summed E-state index contributed by atoms with van der Waals surface area (Å²) in [5.41, 5.74) is 0.319. The number of Topliss-reactive ketones (excluding diaryl/α,β-unsaturated/α-hetero) is 1. The van der Waals surface area contributed by atoms with Crippen LogP contribution < -0.4 is 4.74 Å². The van der Waals surface area contributed by atoms with Gasteiger partial charge >= 0.3 is 0 Å². The molecule has 0 saturated carbocycles. The van der Waals surface area contributed by atoms with Crippen molar-refractivity contribution in [2.75, 3.05) is 7.11 Å². The van der Waals surface area contributed by atoms with Crippen LogP contribution in [0.5, 0.6) is 5.75 Å². The molecule has 2 aromatic rings. The predicted octanol–water partition coefficient (Wildman–Crippen LogP) is 2.79. The Morgan fingerprint density at radius 2 is 2.05 bits per heavy atom. The second kappa shape index (κ2) is 5.56. The van der Waals surface area contributed by atoms with Gasteiger partial charge in [-0.05, 0) is 23.8 Å². The summed E-state index contributed by atoms with van der Waals surface area (Å²) in [6, 6.07) is 6.99. The minimum atomic E-state index is -0.569. The number of aromatic nitrogens is 1. The molecule has 0 amide bonds. The maximum absolute atomic E-state index is 13.9. The molecule has 1 heterocycles. The van der Waals surface area contributed by atoms with E-state index in [4.69, 9.17) is 4.74 Å². The lowest BCUT2D eigenvalue weighted by atomic mass is 10.1. The SMILES string of the molecule is COc1cccc(CC(=O)c2ccc(F)cn2)c1F. The third kappa shape index (κ3) is 2.93. The fraction of sp³-hybridized carbons (Fsp3) is 0.143. The van der Waals surface area contributed by atoms with Crippen LogP contribution in [-0.4, -0.2) is 17.9 Å². The fourth-order valence-electron chi connectivity index (χ4n) is 1.65. The molecule has 0 aliphatic rings. The first-order chi connectivity index (χ1) is 9.11. The van der Waals surface area contributed by atoms with Crippen LogP contribution in [0.2, 0.25) is 0 Å². The summed E-state index contributed by atoms with van der Waals surface area (Å²) in [7, 11) is 1.35. The summed E-state index contributed by atoms with van der Waals surface area (Å²) >= 11 is 0. The summed E-state index contributed by atoms with van der Waals surface area (Å²) in [5.74, 6) is -1.39. The summed E-state index contributed by atoms with van der Waals surface area (Å²) in [6.07, 6.45) is 0.802. The number of benzene rings is 1. The van der Waals surface area contributed by atoms with Crippen molar-refractivity contribution in [1.82, 2.24) is 4.98 Å². The van der Waals surface area contributed by atoms with Gasteiger partial charge in [0.1, 0.15) is 11.5 Å². The van der Waals surface area contributed by atoms with Crippen molar-refractivity contribution < 1.29 is 18.3 Å². The Bertz CT molecular complexity index is 597. The molecule has 0 spiro atoms. The van der Waals surface area contributed by atoms with E-state index < -0.39 is 11.6 Å². The second-order valence-corrected chi connectivity index (χ2v) is 3.89. The maximum atomic E-state index is 13.9. The lowest BCUT2D eigenvalue weighted by Crippen LogP contribution is -2.08. The van der Waals surface area contributed by atoms with Crippen molar-refractivity contribution in [3.05, 3.63) is 59.4 Å². The number of hydrogen-bond acceptors (Lipinski definition) is 3. The van der Waals surface area contributed by atoms with E-state index in [1.807, 2.05) is 0 Å². The van der Waals surface area contributed by atoms with Crippen LogP contribution in [0, 0.1) is 11.6 Å².